The lowest BCUT2D eigenvalue weighted by atomic mass is 10.0. The molecular formula is C19H13F2NO5S. The van der Waals surface area contributed by atoms with Gasteiger partial charge < -0.3 is 0 Å². The summed E-state index contributed by atoms with van der Waals surface area (Å²) in [6.07, 6.45) is 0. The highest BCUT2D eigenvalue weighted by Gasteiger charge is 2.25. The minimum Gasteiger partial charge on any atom is -0.288 e. The Morgan fingerprint density at radius 3 is 2.07 bits per heavy atom. The van der Waals surface area contributed by atoms with E-state index in [1.165, 1.54) is 42.5 Å². The number of carbonyl (C=O) groups excluding carboxylic acids is 1. The Morgan fingerprint density at radius 2 is 1.54 bits per heavy atom. The van der Waals surface area contributed by atoms with E-state index in [-0.39, 0.29) is 16.0 Å². The van der Waals surface area contributed by atoms with Gasteiger partial charge in [-0.2, -0.15) is 4.39 Å². The highest BCUT2D eigenvalue weighted by molar-refractivity contribution is 7.72. The third kappa shape index (κ3) is 5.27. The second kappa shape index (κ2) is 9.47. The highest BCUT2D eigenvalue weighted by Crippen LogP contribution is 2.24. The smallest absolute Gasteiger partial charge is 0.288 e. The number of ketones is 1. The van der Waals surface area contributed by atoms with Crippen LogP contribution >= 0.6 is 0 Å². The van der Waals surface area contributed by atoms with E-state index in [4.69, 9.17) is 0 Å². The van der Waals surface area contributed by atoms with Crippen LogP contribution < -0.4 is 0 Å². The van der Waals surface area contributed by atoms with Crippen molar-refractivity contribution in [3.05, 3.63) is 106 Å². The Bertz CT molecular complexity index is 1080. The maximum absolute atomic E-state index is 13.4. The SMILES string of the molecule is O=C(c1ccccc1)c1cccc(F)c1[N+](=O)[O-].O=[SH](=O)c1cccc(F)c1. The van der Waals surface area contributed by atoms with Crippen LogP contribution in [0, 0.1) is 21.7 Å². The number of hydrogen-bond donors (Lipinski definition) is 1. The van der Waals surface area contributed by atoms with Crippen LogP contribution in [0.4, 0.5) is 14.5 Å². The molecule has 0 N–H and O–H groups in total. The van der Waals surface area contributed by atoms with Crippen molar-refractivity contribution in [2.45, 2.75) is 4.90 Å². The number of nitrogens with zero attached hydrogens (tertiary/aromatic N) is 1. The zero-order valence-corrected chi connectivity index (χ0v) is 15.0. The molecule has 0 aliphatic heterocycles. The van der Waals surface area contributed by atoms with Gasteiger partial charge in [0.05, 0.1) is 9.82 Å². The van der Waals surface area contributed by atoms with Crippen LogP contribution in [0.1, 0.15) is 15.9 Å². The molecule has 3 rings (SSSR count). The van der Waals surface area contributed by atoms with Crippen LogP contribution in [-0.2, 0) is 10.7 Å². The Balaban J connectivity index is 0.000000237. The Hall–Kier alpha value is -3.46. The number of para-hydroxylation sites is 1. The van der Waals surface area contributed by atoms with Gasteiger partial charge in [-0.15, -0.1) is 0 Å². The fourth-order valence-corrected chi connectivity index (χ4v) is 2.66. The van der Waals surface area contributed by atoms with Crippen LogP contribution in [0.5, 0.6) is 0 Å². The maximum Gasteiger partial charge on any atom is 0.315 e. The van der Waals surface area contributed by atoms with Crippen molar-refractivity contribution in [3.8, 4) is 0 Å². The van der Waals surface area contributed by atoms with Gasteiger partial charge in [0.2, 0.25) is 5.82 Å². The van der Waals surface area contributed by atoms with Crippen molar-refractivity contribution in [1.29, 1.82) is 0 Å². The van der Waals surface area contributed by atoms with Crippen molar-refractivity contribution in [2.75, 3.05) is 0 Å². The summed E-state index contributed by atoms with van der Waals surface area (Å²) in [4.78, 5) is 22.0. The Morgan fingerprint density at radius 1 is 0.893 bits per heavy atom. The van der Waals surface area contributed by atoms with E-state index in [9.17, 15) is 32.1 Å². The van der Waals surface area contributed by atoms with Gasteiger partial charge in [-0.25, -0.2) is 12.8 Å². The molecule has 0 spiro atoms. The van der Waals surface area contributed by atoms with Crippen molar-refractivity contribution in [1.82, 2.24) is 0 Å². The quantitative estimate of drug-likeness (QED) is 0.309. The van der Waals surface area contributed by atoms with E-state index in [0.717, 1.165) is 12.1 Å². The van der Waals surface area contributed by atoms with Crippen LogP contribution in [0.2, 0.25) is 0 Å². The van der Waals surface area contributed by atoms with Gasteiger partial charge in [0, 0.05) is 5.56 Å². The van der Waals surface area contributed by atoms with Crippen LogP contribution in [-0.4, -0.2) is 19.1 Å². The monoisotopic (exact) mass is 405 g/mol. The van der Waals surface area contributed by atoms with Crippen molar-refractivity contribution in [3.63, 3.8) is 0 Å². The number of thiol groups is 1. The third-order valence-corrected chi connectivity index (χ3v) is 4.17. The first kappa shape index (κ1) is 20.8. The molecule has 0 saturated heterocycles. The predicted octanol–water partition coefficient (Wildman–Crippen LogP) is 3.76. The van der Waals surface area contributed by atoms with Crippen LogP contribution in [0.25, 0.3) is 0 Å². The topological polar surface area (TPSA) is 94.3 Å². The number of nitro benzene ring substituents is 1. The number of halogens is 2. The van der Waals surface area contributed by atoms with Crippen LogP contribution in [0.3, 0.4) is 0 Å². The van der Waals surface area contributed by atoms with Crippen LogP contribution in [0.15, 0.2) is 77.7 Å². The van der Waals surface area contributed by atoms with Gasteiger partial charge in [-0.05, 0) is 30.3 Å². The van der Waals surface area contributed by atoms with Gasteiger partial charge in [0.1, 0.15) is 11.4 Å². The number of carbonyl (C=O) groups is 1. The molecule has 0 aliphatic rings. The van der Waals surface area contributed by atoms with E-state index >= 15 is 0 Å². The molecule has 0 radical (unpaired) electrons. The summed E-state index contributed by atoms with van der Waals surface area (Å²) in [5.74, 6) is -2.11. The van der Waals surface area contributed by atoms with E-state index in [0.29, 0.717) is 0 Å². The average molecular weight is 405 g/mol. The molecule has 6 nitrogen and oxygen atoms in total. The predicted molar refractivity (Wildman–Crippen MR) is 97.9 cm³/mol. The fourth-order valence-electron chi connectivity index (χ4n) is 2.22. The molecule has 0 heterocycles. The molecule has 28 heavy (non-hydrogen) atoms. The summed E-state index contributed by atoms with van der Waals surface area (Å²) in [6.45, 7) is 0. The first-order valence-electron chi connectivity index (χ1n) is 7.74. The molecule has 0 saturated carbocycles. The molecule has 144 valence electrons. The van der Waals surface area contributed by atoms with Crippen molar-refractivity contribution < 1.29 is 26.9 Å². The molecule has 9 heteroatoms. The normalized spacial score (nSPS) is 10.1. The standard InChI is InChI=1S/C13H8FNO3.C6H5FO2S/c14-11-8-4-7-10(12(11)15(17)18)13(16)9-5-2-1-3-6-9;7-5-2-1-3-6(4-5)10(8)9/h1-8H;1-4,10H. The minimum absolute atomic E-state index is 0.00926. The lowest BCUT2D eigenvalue weighted by Gasteiger charge is -2.02. The molecule has 0 unspecified atom stereocenters. The Kier molecular flexibility index (Phi) is 7.05. The zero-order valence-electron chi connectivity index (χ0n) is 14.1. The maximum atomic E-state index is 13.4. The minimum atomic E-state index is -2.65. The third-order valence-electron chi connectivity index (χ3n) is 3.47. The second-order valence-electron chi connectivity index (χ2n) is 5.33. The fraction of sp³-hybridized carbons (Fsp3) is 0. The summed E-state index contributed by atoms with van der Waals surface area (Å²) in [5.41, 5.74) is -0.747. The summed E-state index contributed by atoms with van der Waals surface area (Å²) in [7, 11) is -2.65. The number of rotatable bonds is 4. The molecule has 0 atom stereocenters. The Labute approximate surface area is 160 Å². The molecule has 0 aliphatic carbocycles. The number of benzene rings is 3. The lowest BCUT2D eigenvalue weighted by molar-refractivity contribution is -0.387. The van der Waals surface area contributed by atoms with Gasteiger partial charge in [-0.3, -0.25) is 14.9 Å². The van der Waals surface area contributed by atoms with Gasteiger partial charge >= 0.3 is 5.69 Å². The van der Waals surface area contributed by atoms with Crippen molar-refractivity contribution in [2.24, 2.45) is 0 Å². The second-order valence-corrected chi connectivity index (χ2v) is 6.36. The molecule has 3 aromatic carbocycles. The summed E-state index contributed by atoms with van der Waals surface area (Å²) in [6, 6.07) is 16.4. The van der Waals surface area contributed by atoms with E-state index < -0.39 is 38.7 Å². The first-order chi connectivity index (χ1) is 13.3. The van der Waals surface area contributed by atoms with E-state index in [1.54, 1.807) is 18.2 Å². The molecular weight excluding hydrogens is 392 g/mol. The summed E-state index contributed by atoms with van der Waals surface area (Å²) < 4.78 is 46.1. The number of nitro groups is 1. The molecule has 3 aromatic rings. The highest BCUT2D eigenvalue weighted by atomic mass is 32.2. The van der Waals surface area contributed by atoms with Gasteiger partial charge in [-0.1, -0.05) is 42.5 Å². The van der Waals surface area contributed by atoms with Crippen molar-refractivity contribution >= 4 is 22.2 Å². The largest absolute Gasteiger partial charge is 0.315 e. The van der Waals surface area contributed by atoms with Gasteiger partial charge in [0.15, 0.2) is 16.5 Å². The summed E-state index contributed by atoms with van der Waals surface area (Å²) >= 11 is 0. The molecule has 0 bridgehead atoms. The first-order valence-corrected chi connectivity index (χ1v) is 8.91. The number of hydrogen-bond acceptors (Lipinski definition) is 5. The molecule has 0 amide bonds. The average Bonchev–Trinajstić information content (AvgIpc) is 2.68. The molecule has 0 aromatic heterocycles. The summed E-state index contributed by atoms with van der Waals surface area (Å²) in [5, 5.41) is 10.8. The zero-order chi connectivity index (χ0) is 20.7. The van der Waals surface area contributed by atoms with Gasteiger partial charge in [0.25, 0.3) is 0 Å². The molecule has 0 fully saturated rings. The van der Waals surface area contributed by atoms with E-state index in [2.05, 4.69) is 0 Å². The lowest BCUT2D eigenvalue weighted by Crippen LogP contribution is -2.06. The van der Waals surface area contributed by atoms with E-state index in [1.807, 2.05) is 0 Å².